The molecule has 35 heavy (non-hydrogen) atoms. The Morgan fingerprint density at radius 2 is 1.71 bits per heavy atom. The number of anilines is 1. The molecule has 0 unspecified atom stereocenters. The Bertz CT molecular complexity index is 1250. The summed E-state index contributed by atoms with van der Waals surface area (Å²) in [5.41, 5.74) is 3.69. The van der Waals surface area contributed by atoms with E-state index in [0.717, 1.165) is 22.3 Å². The van der Waals surface area contributed by atoms with E-state index in [2.05, 4.69) is 40.0 Å². The maximum atomic E-state index is 12.2. The van der Waals surface area contributed by atoms with Crippen molar-refractivity contribution in [2.24, 2.45) is 0 Å². The Labute approximate surface area is 202 Å². The number of alkyl carbamates (subject to hydrolysis) is 1. The molecule has 9 heteroatoms. The number of hydrogen-bond acceptors (Lipinski definition) is 5. The van der Waals surface area contributed by atoms with Gasteiger partial charge in [-0.1, -0.05) is 54.6 Å². The number of aromatic nitrogens is 2. The first-order chi connectivity index (χ1) is 16.8. The number of benzene rings is 2. The van der Waals surface area contributed by atoms with Crippen molar-refractivity contribution in [2.75, 3.05) is 18.5 Å². The zero-order chi connectivity index (χ0) is 25.0. The Balaban J connectivity index is 1.24. The van der Waals surface area contributed by atoms with Crippen LogP contribution in [0.1, 0.15) is 30.9 Å². The topological polar surface area (TPSA) is 123 Å². The van der Waals surface area contributed by atoms with Crippen LogP contribution < -0.4 is 10.6 Å². The molecule has 0 saturated carbocycles. The number of hydrogen-bond donors (Lipinski definition) is 3. The first kappa shape index (κ1) is 23.7. The molecule has 2 amide bonds. The Morgan fingerprint density at radius 3 is 2.34 bits per heavy atom. The van der Waals surface area contributed by atoms with Gasteiger partial charge in [0.05, 0.1) is 11.9 Å². The zero-order valence-electron chi connectivity index (χ0n) is 19.4. The quantitative estimate of drug-likeness (QED) is 0.428. The summed E-state index contributed by atoms with van der Waals surface area (Å²) in [6.07, 6.45) is 4.99. The lowest BCUT2D eigenvalue weighted by Gasteiger charge is -2.19. The third-order valence-electron chi connectivity index (χ3n) is 5.92. The van der Waals surface area contributed by atoms with Crippen molar-refractivity contribution in [3.05, 3.63) is 84.2 Å². The van der Waals surface area contributed by atoms with E-state index >= 15 is 0 Å². The predicted octanol–water partition coefficient (Wildman–Crippen LogP) is 3.74. The SMILES string of the molecule is CC(C)(C(=O)O)n1cc(NC(=O)/C=C/CNC(=O)OCC2c3ccccc3-c3ccccc32)cn1. The van der Waals surface area contributed by atoms with Crippen LogP contribution in [0.15, 0.2) is 73.1 Å². The molecular weight excluding hydrogens is 448 g/mol. The average Bonchev–Trinajstić information content (AvgIpc) is 3.43. The van der Waals surface area contributed by atoms with Crippen molar-refractivity contribution >= 4 is 23.7 Å². The summed E-state index contributed by atoms with van der Waals surface area (Å²) in [4.78, 5) is 35.6. The van der Waals surface area contributed by atoms with Gasteiger partial charge in [-0.25, -0.2) is 9.59 Å². The van der Waals surface area contributed by atoms with Crippen LogP contribution in [0.4, 0.5) is 10.5 Å². The molecule has 1 aliphatic carbocycles. The molecule has 9 nitrogen and oxygen atoms in total. The molecule has 1 aromatic heterocycles. The molecule has 0 atom stereocenters. The van der Waals surface area contributed by atoms with E-state index in [1.165, 1.54) is 43.1 Å². The Kier molecular flexibility index (Phi) is 6.68. The van der Waals surface area contributed by atoms with E-state index < -0.39 is 23.5 Å². The summed E-state index contributed by atoms with van der Waals surface area (Å²) in [7, 11) is 0. The highest BCUT2D eigenvalue weighted by atomic mass is 16.5. The minimum atomic E-state index is -1.24. The number of aliphatic carboxylic acids is 1. The van der Waals surface area contributed by atoms with Crippen LogP contribution in [0.25, 0.3) is 11.1 Å². The number of carboxylic acids is 1. The molecular formula is C26H26N4O5. The van der Waals surface area contributed by atoms with Crippen LogP contribution in [0.2, 0.25) is 0 Å². The van der Waals surface area contributed by atoms with Crippen LogP contribution in [-0.2, 0) is 19.9 Å². The van der Waals surface area contributed by atoms with Gasteiger partial charge in [0.15, 0.2) is 5.54 Å². The number of ether oxygens (including phenoxy) is 1. The molecule has 0 saturated heterocycles. The van der Waals surface area contributed by atoms with Gasteiger partial charge in [0.2, 0.25) is 5.91 Å². The second-order valence-electron chi connectivity index (χ2n) is 8.64. The normalized spacial score (nSPS) is 12.7. The van der Waals surface area contributed by atoms with Crippen LogP contribution in [0, 0.1) is 0 Å². The van der Waals surface area contributed by atoms with Crippen molar-refractivity contribution in [1.29, 1.82) is 0 Å². The molecule has 4 rings (SSSR count). The Hall–Kier alpha value is -4.40. The van der Waals surface area contributed by atoms with E-state index in [1.807, 2.05) is 24.3 Å². The maximum absolute atomic E-state index is 12.2. The molecule has 0 bridgehead atoms. The predicted molar refractivity (Wildman–Crippen MR) is 130 cm³/mol. The fraction of sp³-hybridized carbons (Fsp3) is 0.231. The molecule has 2 aromatic carbocycles. The number of carboxylic acid groups (broad SMARTS) is 1. The summed E-state index contributed by atoms with van der Waals surface area (Å²) < 4.78 is 6.71. The number of nitrogens with one attached hydrogen (secondary N) is 2. The van der Waals surface area contributed by atoms with Gasteiger partial charge in [-0.15, -0.1) is 0 Å². The fourth-order valence-corrected chi connectivity index (χ4v) is 3.93. The van der Waals surface area contributed by atoms with Gasteiger partial charge in [-0.2, -0.15) is 5.10 Å². The van der Waals surface area contributed by atoms with E-state index in [9.17, 15) is 19.5 Å². The summed E-state index contributed by atoms with van der Waals surface area (Å²) in [5, 5.41) is 18.4. The summed E-state index contributed by atoms with van der Waals surface area (Å²) in [5.74, 6) is -1.51. The molecule has 3 N–H and O–H groups in total. The van der Waals surface area contributed by atoms with Gasteiger partial charge in [0.1, 0.15) is 6.61 Å². The van der Waals surface area contributed by atoms with Crippen LogP contribution in [0.3, 0.4) is 0 Å². The van der Waals surface area contributed by atoms with Crippen molar-refractivity contribution in [2.45, 2.75) is 25.3 Å². The summed E-state index contributed by atoms with van der Waals surface area (Å²) in [6.45, 7) is 3.32. The molecule has 3 aromatic rings. The molecule has 1 aliphatic rings. The summed E-state index contributed by atoms with van der Waals surface area (Å²) >= 11 is 0. The first-order valence-corrected chi connectivity index (χ1v) is 11.1. The lowest BCUT2D eigenvalue weighted by molar-refractivity contribution is -0.146. The van der Waals surface area contributed by atoms with Crippen molar-refractivity contribution in [1.82, 2.24) is 15.1 Å². The largest absolute Gasteiger partial charge is 0.479 e. The van der Waals surface area contributed by atoms with Gasteiger partial charge < -0.3 is 20.5 Å². The molecule has 0 fully saturated rings. The van der Waals surface area contributed by atoms with Crippen molar-refractivity contribution in [3.63, 3.8) is 0 Å². The van der Waals surface area contributed by atoms with E-state index in [-0.39, 0.29) is 19.1 Å². The highest BCUT2D eigenvalue weighted by Gasteiger charge is 2.30. The van der Waals surface area contributed by atoms with Gasteiger partial charge in [-0.3, -0.25) is 9.48 Å². The van der Waals surface area contributed by atoms with E-state index in [0.29, 0.717) is 5.69 Å². The number of carbonyl (C=O) groups is 3. The Morgan fingerprint density at radius 1 is 1.09 bits per heavy atom. The lowest BCUT2D eigenvalue weighted by Crippen LogP contribution is -2.35. The number of rotatable bonds is 8. The smallest absolute Gasteiger partial charge is 0.407 e. The third-order valence-corrected chi connectivity index (χ3v) is 5.92. The standard InChI is InChI=1S/C26H26N4O5/c1-26(2,24(32)33)30-15-17(14-28-30)29-23(31)12-7-13-27-25(34)35-16-22-20-10-5-3-8-18(20)19-9-4-6-11-21(19)22/h3-12,14-15,22H,13,16H2,1-2H3,(H,27,34)(H,29,31)(H,32,33)/b12-7+. The molecule has 180 valence electrons. The van der Waals surface area contributed by atoms with E-state index in [1.54, 1.807) is 0 Å². The summed E-state index contributed by atoms with van der Waals surface area (Å²) in [6, 6.07) is 16.2. The highest BCUT2D eigenvalue weighted by molar-refractivity contribution is 5.99. The van der Waals surface area contributed by atoms with Crippen LogP contribution in [0.5, 0.6) is 0 Å². The monoisotopic (exact) mass is 474 g/mol. The van der Waals surface area contributed by atoms with E-state index in [4.69, 9.17) is 4.74 Å². The molecule has 0 radical (unpaired) electrons. The molecule has 0 aliphatic heterocycles. The number of carbonyl (C=O) groups excluding carboxylic acids is 2. The zero-order valence-corrected chi connectivity index (χ0v) is 19.4. The van der Waals surface area contributed by atoms with Crippen molar-refractivity contribution < 1.29 is 24.2 Å². The average molecular weight is 475 g/mol. The second kappa shape index (κ2) is 9.84. The van der Waals surface area contributed by atoms with Crippen molar-refractivity contribution in [3.8, 4) is 11.1 Å². The first-order valence-electron chi connectivity index (χ1n) is 11.1. The highest BCUT2D eigenvalue weighted by Crippen LogP contribution is 2.44. The lowest BCUT2D eigenvalue weighted by atomic mass is 9.98. The number of nitrogens with zero attached hydrogens (tertiary/aromatic N) is 2. The fourth-order valence-electron chi connectivity index (χ4n) is 3.93. The third kappa shape index (κ3) is 5.08. The maximum Gasteiger partial charge on any atom is 0.407 e. The number of fused-ring (bicyclic) bond motifs is 3. The van der Waals surface area contributed by atoms with Gasteiger partial charge in [-0.05, 0) is 36.1 Å². The minimum absolute atomic E-state index is 0.0264. The van der Waals surface area contributed by atoms with Crippen LogP contribution >= 0.6 is 0 Å². The molecule has 0 spiro atoms. The number of amides is 2. The van der Waals surface area contributed by atoms with Gasteiger partial charge in [0.25, 0.3) is 0 Å². The van der Waals surface area contributed by atoms with Crippen LogP contribution in [-0.4, -0.2) is 46.0 Å². The molecule has 1 heterocycles. The second-order valence-corrected chi connectivity index (χ2v) is 8.64. The van der Waals surface area contributed by atoms with Gasteiger partial charge >= 0.3 is 12.1 Å². The minimum Gasteiger partial charge on any atom is -0.479 e. The van der Waals surface area contributed by atoms with Gasteiger partial charge in [0, 0.05) is 24.7 Å².